The number of hydrogen-bond acceptors (Lipinski definition) is 4. The van der Waals surface area contributed by atoms with E-state index in [4.69, 9.17) is 5.26 Å². The molecule has 0 unspecified atom stereocenters. The number of piperazine rings is 1. The van der Waals surface area contributed by atoms with E-state index in [0.717, 1.165) is 26.2 Å². The van der Waals surface area contributed by atoms with Gasteiger partial charge in [0.25, 0.3) is 0 Å². The molecule has 2 aromatic rings. The maximum absolute atomic E-state index is 8.89. The van der Waals surface area contributed by atoms with Gasteiger partial charge in [-0.05, 0) is 31.5 Å². The van der Waals surface area contributed by atoms with Crippen LogP contribution in [-0.2, 0) is 13.1 Å². The molecule has 0 amide bonds. The van der Waals surface area contributed by atoms with Crippen LogP contribution in [0, 0.1) is 11.3 Å². The van der Waals surface area contributed by atoms with Gasteiger partial charge in [0.1, 0.15) is 0 Å². The number of aromatic nitrogens is 2. The zero-order valence-electron chi connectivity index (χ0n) is 15.0. The molecule has 1 aliphatic heterocycles. The number of nitriles is 1. The van der Waals surface area contributed by atoms with Crippen LogP contribution in [-0.4, -0.2) is 39.6 Å². The van der Waals surface area contributed by atoms with E-state index in [-0.39, 0.29) is 37.2 Å². The summed E-state index contributed by atoms with van der Waals surface area (Å²) >= 11 is 0. The first-order chi connectivity index (χ1) is 11.2. The van der Waals surface area contributed by atoms with Gasteiger partial charge in [-0.1, -0.05) is 12.1 Å². The molecule has 0 bridgehead atoms. The van der Waals surface area contributed by atoms with Crippen molar-refractivity contribution < 1.29 is 0 Å². The quantitative estimate of drug-likeness (QED) is 0.828. The van der Waals surface area contributed by atoms with E-state index in [2.05, 4.69) is 39.7 Å². The smallest absolute Gasteiger partial charge is 0.0991 e. The fraction of sp³-hybridized carbons (Fsp3) is 0.444. The van der Waals surface area contributed by atoms with Crippen molar-refractivity contribution in [3.05, 3.63) is 53.6 Å². The summed E-state index contributed by atoms with van der Waals surface area (Å²) < 4.78 is 2.20. The fourth-order valence-corrected chi connectivity index (χ4v) is 3.17. The minimum Gasteiger partial charge on any atom is -0.329 e. The number of halogens is 3. The monoisotopic (exact) mass is 417 g/mol. The minimum absolute atomic E-state index is 0. The lowest BCUT2D eigenvalue weighted by molar-refractivity contribution is 0.106. The molecular weight excluding hydrogens is 393 g/mol. The first kappa shape index (κ1) is 24.7. The van der Waals surface area contributed by atoms with Crippen LogP contribution in [0.1, 0.15) is 30.7 Å². The van der Waals surface area contributed by atoms with Gasteiger partial charge in [0.2, 0.25) is 0 Å². The van der Waals surface area contributed by atoms with E-state index in [0.29, 0.717) is 17.6 Å². The third-order valence-corrected chi connectivity index (χ3v) is 4.59. The second-order valence-corrected chi connectivity index (χ2v) is 6.35. The second kappa shape index (κ2) is 11.4. The van der Waals surface area contributed by atoms with E-state index in [9.17, 15) is 0 Å². The average molecular weight is 419 g/mol. The van der Waals surface area contributed by atoms with Crippen molar-refractivity contribution in [3.8, 4) is 6.07 Å². The molecule has 0 aliphatic carbocycles. The lowest BCUT2D eigenvalue weighted by atomic mass is 10.1. The Morgan fingerprint density at radius 2 is 1.69 bits per heavy atom. The van der Waals surface area contributed by atoms with Gasteiger partial charge in [0.05, 0.1) is 23.7 Å². The summed E-state index contributed by atoms with van der Waals surface area (Å²) in [4.78, 5) is 6.87. The van der Waals surface area contributed by atoms with Crippen molar-refractivity contribution in [3.63, 3.8) is 0 Å². The van der Waals surface area contributed by atoms with E-state index >= 15 is 0 Å². The molecule has 1 fully saturated rings. The van der Waals surface area contributed by atoms with Crippen molar-refractivity contribution in [2.75, 3.05) is 13.1 Å². The zero-order chi connectivity index (χ0) is 16.2. The van der Waals surface area contributed by atoms with Gasteiger partial charge < -0.3 is 9.88 Å². The average Bonchev–Trinajstić information content (AvgIpc) is 2.99. The third kappa shape index (κ3) is 5.87. The van der Waals surface area contributed by atoms with Crippen molar-refractivity contribution >= 4 is 37.2 Å². The Balaban J connectivity index is 0.00000208. The van der Waals surface area contributed by atoms with Crippen LogP contribution in [0.4, 0.5) is 0 Å². The third-order valence-electron chi connectivity index (χ3n) is 4.59. The van der Waals surface area contributed by atoms with Crippen LogP contribution in [0.5, 0.6) is 0 Å². The Kier molecular flexibility index (Phi) is 10.9. The summed E-state index contributed by atoms with van der Waals surface area (Å²) in [7, 11) is 0. The van der Waals surface area contributed by atoms with Crippen LogP contribution >= 0.6 is 37.2 Å². The topological polar surface area (TPSA) is 56.9 Å². The summed E-state index contributed by atoms with van der Waals surface area (Å²) in [5.41, 5.74) is 3.11. The predicted molar refractivity (Wildman–Crippen MR) is 112 cm³/mol. The molecule has 1 aromatic heterocycles. The van der Waals surface area contributed by atoms with Gasteiger partial charge in [0.15, 0.2) is 0 Å². The molecule has 8 heteroatoms. The molecule has 26 heavy (non-hydrogen) atoms. The summed E-state index contributed by atoms with van der Waals surface area (Å²) in [6.45, 7) is 8.31. The van der Waals surface area contributed by atoms with Gasteiger partial charge in [-0.3, -0.25) is 4.90 Å². The molecule has 1 aliphatic rings. The fourth-order valence-electron chi connectivity index (χ4n) is 3.17. The Bertz CT molecular complexity index is 686. The molecule has 0 radical (unpaired) electrons. The molecule has 144 valence electrons. The van der Waals surface area contributed by atoms with Crippen LogP contribution < -0.4 is 5.32 Å². The summed E-state index contributed by atoms with van der Waals surface area (Å²) in [6.07, 6.45) is 3.86. The molecule has 5 nitrogen and oxygen atoms in total. The Morgan fingerprint density at radius 1 is 1.08 bits per heavy atom. The lowest BCUT2D eigenvalue weighted by Gasteiger charge is -2.39. The van der Waals surface area contributed by atoms with Crippen LogP contribution in [0.25, 0.3) is 0 Å². The number of hydrogen-bond donors (Lipinski definition) is 1. The maximum Gasteiger partial charge on any atom is 0.0991 e. The van der Waals surface area contributed by atoms with Crippen LogP contribution in [0.15, 0.2) is 36.8 Å². The largest absolute Gasteiger partial charge is 0.329 e. The Morgan fingerprint density at radius 3 is 2.27 bits per heavy atom. The number of imidazole rings is 1. The van der Waals surface area contributed by atoms with E-state index in [1.54, 1.807) is 0 Å². The molecule has 1 aromatic carbocycles. The first-order valence-corrected chi connectivity index (χ1v) is 8.12. The number of benzene rings is 1. The number of nitrogens with zero attached hydrogens (tertiary/aromatic N) is 4. The predicted octanol–water partition coefficient (Wildman–Crippen LogP) is 3.25. The molecule has 1 N–H and O–H groups in total. The highest BCUT2D eigenvalue weighted by Gasteiger charge is 2.25. The van der Waals surface area contributed by atoms with Crippen molar-refractivity contribution in [1.82, 2.24) is 19.8 Å². The zero-order valence-corrected chi connectivity index (χ0v) is 17.4. The standard InChI is InChI=1S/C18H23N5.3ClH/c1-14-8-20-9-15(2)23(14)12-18-10-21-13-22(18)11-17-5-3-16(7-19)4-6-17;;;/h3-6,10,13-15,20H,8-9,11-12H2,1-2H3;3*1H/t14-,15+;;;. The summed E-state index contributed by atoms with van der Waals surface area (Å²) in [5.74, 6) is 0. The van der Waals surface area contributed by atoms with Crippen LogP contribution in [0.3, 0.4) is 0 Å². The number of nitrogens with one attached hydrogen (secondary N) is 1. The highest BCUT2D eigenvalue weighted by Crippen LogP contribution is 2.16. The maximum atomic E-state index is 8.89. The number of rotatable bonds is 4. The SMILES string of the molecule is C[C@@H]1CNC[C@H](C)N1Cc1cncn1Cc1ccc(C#N)cc1.Cl.Cl.Cl. The molecule has 1 saturated heterocycles. The highest BCUT2D eigenvalue weighted by atomic mass is 35.5. The van der Waals surface area contributed by atoms with E-state index < -0.39 is 0 Å². The van der Waals surface area contributed by atoms with Gasteiger partial charge >= 0.3 is 0 Å². The van der Waals surface area contributed by atoms with Crippen LogP contribution in [0.2, 0.25) is 0 Å². The molecule has 2 heterocycles. The van der Waals surface area contributed by atoms with E-state index in [1.165, 1.54) is 11.3 Å². The summed E-state index contributed by atoms with van der Waals surface area (Å²) in [6, 6.07) is 11.0. The Labute approximate surface area is 174 Å². The Hall–Kier alpha value is -1.29. The van der Waals surface area contributed by atoms with Crippen molar-refractivity contribution in [2.45, 2.75) is 39.0 Å². The molecule has 0 saturated carbocycles. The van der Waals surface area contributed by atoms with Gasteiger partial charge in [-0.2, -0.15) is 5.26 Å². The second-order valence-electron chi connectivity index (χ2n) is 6.35. The normalized spacial score (nSPS) is 19.4. The highest BCUT2D eigenvalue weighted by molar-refractivity contribution is 5.86. The molecular formula is C18H26Cl3N5. The van der Waals surface area contributed by atoms with Gasteiger partial charge in [-0.15, -0.1) is 37.2 Å². The van der Waals surface area contributed by atoms with Gasteiger partial charge in [-0.25, -0.2) is 4.98 Å². The van der Waals surface area contributed by atoms with Crippen molar-refractivity contribution in [2.24, 2.45) is 0 Å². The first-order valence-electron chi connectivity index (χ1n) is 8.12. The minimum atomic E-state index is 0. The molecule has 0 spiro atoms. The van der Waals surface area contributed by atoms with Gasteiger partial charge in [0, 0.05) is 44.5 Å². The van der Waals surface area contributed by atoms with Crippen molar-refractivity contribution in [1.29, 1.82) is 5.26 Å². The van der Waals surface area contributed by atoms with E-state index in [1.807, 2.05) is 36.8 Å². The summed E-state index contributed by atoms with van der Waals surface area (Å²) in [5, 5.41) is 12.4. The molecule has 3 rings (SSSR count). The lowest BCUT2D eigenvalue weighted by Crippen LogP contribution is -2.54. The molecule has 2 atom stereocenters.